The van der Waals surface area contributed by atoms with Gasteiger partial charge in [-0.25, -0.2) is 4.98 Å². The Morgan fingerprint density at radius 3 is 2.84 bits per heavy atom. The minimum atomic E-state index is -3.08. The van der Waals surface area contributed by atoms with E-state index in [0.29, 0.717) is 10.7 Å². The molecule has 1 heterocycles. The molecule has 0 fully saturated rings. The van der Waals surface area contributed by atoms with E-state index in [1.807, 2.05) is 0 Å². The molecule has 2 aromatic rings. The Labute approximate surface area is 150 Å². The molecule has 10 heteroatoms. The van der Waals surface area contributed by atoms with E-state index >= 15 is 0 Å². The van der Waals surface area contributed by atoms with Gasteiger partial charge in [0.1, 0.15) is 11.6 Å². The second-order valence-corrected chi connectivity index (χ2v) is 5.68. The summed E-state index contributed by atoms with van der Waals surface area (Å²) >= 11 is 7.11. The molecule has 0 unspecified atom stereocenters. The molecule has 0 radical (unpaired) electrons. The zero-order chi connectivity index (χ0) is 18.4. The predicted octanol–water partition coefficient (Wildman–Crippen LogP) is 3.95. The lowest BCUT2D eigenvalue weighted by molar-refractivity contribution is -0.112. The first kappa shape index (κ1) is 18.6. The van der Waals surface area contributed by atoms with Crippen LogP contribution in [0.3, 0.4) is 0 Å². The molecule has 0 atom stereocenters. The third kappa shape index (κ3) is 4.89. The summed E-state index contributed by atoms with van der Waals surface area (Å²) in [7, 11) is 1.25. The molecule has 0 aliphatic heterocycles. The van der Waals surface area contributed by atoms with Crippen molar-refractivity contribution < 1.29 is 23.0 Å². The summed E-state index contributed by atoms with van der Waals surface area (Å²) in [5.41, 5.74) is 0.0742. The van der Waals surface area contributed by atoms with Crippen LogP contribution in [-0.2, 0) is 4.79 Å². The number of amides is 1. The number of aromatic nitrogens is 1. The van der Waals surface area contributed by atoms with Gasteiger partial charge in [0.15, 0.2) is 16.6 Å². The summed E-state index contributed by atoms with van der Waals surface area (Å²) in [5, 5.41) is 13.5. The second kappa shape index (κ2) is 8.41. The summed E-state index contributed by atoms with van der Waals surface area (Å²) in [4.78, 5) is 16.0. The molecule has 2 rings (SSSR count). The summed E-state index contributed by atoms with van der Waals surface area (Å²) in [5.74, 6) is -1.06. The lowest BCUT2D eigenvalue weighted by Gasteiger charge is -2.12. The first-order chi connectivity index (χ1) is 11.9. The lowest BCUT2D eigenvalue weighted by atomic mass is 10.1. The highest BCUT2D eigenvalue weighted by Crippen LogP contribution is 2.38. The molecule has 6 nitrogen and oxygen atoms in total. The number of nitrogens with zero attached hydrogens (tertiary/aromatic N) is 2. The summed E-state index contributed by atoms with van der Waals surface area (Å²) < 4.78 is 34.1. The Morgan fingerprint density at radius 1 is 1.52 bits per heavy atom. The van der Waals surface area contributed by atoms with Crippen LogP contribution < -0.4 is 14.8 Å². The number of nitriles is 1. The van der Waals surface area contributed by atoms with Gasteiger partial charge in [-0.15, -0.1) is 11.3 Å². The van der Waals surface area contributed by atoms with Crippen LogP contribution in [0.15, 0.2) is 29.3 Å². The highest BCUT2D eigenvalue weighted by atomic mass is 35.5. The fourth-order valence-electron chi connectivity index (χ4n) is 1.79. The highest BCUT2D eigenvalue weighted by molar-refractivity contribution is 7.13. The van der Waals surface area contributed by atoms with E-state index in [9.17, 15) is 18.8 Å². The van der Waals surface area contributed by atoms with E-state index in [2.05, 4.69) is 15.0 Å². The van der Waals surface area contributed by atoms with Crippen LogP contribution in [0, 0.1) is 11.3 Å². The summed E-state index contributed by atoms with van der Waals surface area (Å²) in [6.45, 7) is -3.08. The van der Waals surface area contributed by atoms with E-state index < -0.39 is 12.5 Å². The first-order valence-corrected chi connectivity index (χ1v) is 7.85. The molecule has 0 spiro atoms. The van der Waals surface area contributed by atoms with Crippen LogP contribution in [-0.4, -0.2) is 24.6 Å². The Morgan fingerprint density at radius 2 is 2.28 bits per heavy atom. The van der Waals surface area contributed by atoms with Gasteiger partial charge in [-0.05, 0) is 23.8 Å². The van der Waals surface area contributed by atoms with Crippen LogP contribution in [0.1, 0.15) is 5.56 Å². The lowest BCUT2D eigenvalue weighted by Crippen LogP contribution is -2.13. The normalized spacial score (nSPS) is 11.1. The first-order valence-electron chi connectivity index (χ1n) is 6.59. The van der Waals surface area contributed by atoms with Crippen LogP contribution in [0.2, 0.25) is 5.02 Å². The third-order valence-corrected chi connectivity index (χ3v) is 3.76. The molecule has 0 saturated heterocycles. The minimum absolute atomic E-state index is 0.0586. The average molecular weight is 386 g/mol. The SMILES string of the molecule is COc1cc(/C=C(\C#N)C(=O)Nc2nccs2)cc(Cl)c1OC(F)F. The van der Waals surface area contributed by atoms with Gasteiger partial charge >= 0.3 is 6.61 Å². The number of nitrogens with one attached hydrogen (secondary N) is 1. The molecule has 1 N–H and O–H groups in total. The summed E-state index contributed by atoms with van der Waals surface area (Å²) in [6, 6.07) is 4.35. The number of thiazole rings is 1. The van der Waals surface area contributed by atoms with E-state index in [1.165, 1.54) is 42.9 Å². The minimum Gasteiger partial charge on any atom is -0.493 e. The predicted molar refractivity (Wildman–Crippen MR) is 89.0 cm³/mol. The average Bonchev–Trinajstić information content (AvgIpc) is 3.07. The number of carbonyl (C=O) groups is 1. The molecular weight excluding hydrogens is 376 g/mol. The molecule has 130 valence electrons. The van der Waals surface area contributed by atoms with E-state index in [0.717, 1.165) is 0 Å². The molecule has 0 saturated carbocycles. The fourth-order valence-corrected chi connectivity index (χ4v) is 2.58. The van der Waals surface area contributed by atoms with Gasteiger partial charge in [0, 0.05) is 11.6 Å². The van der Waals surface area contributed by atoms with Gasteiger partial charge in [-0.2, -0.15) is 14.0 Å². The molecule has 0 aliphatic carbocycles. The molecule has 0 aliphatic rings. The number of rotatable bonds is 6. The number of ether oxygens (including phenoxy) is 2. The number of methoxy groups -OCH3 is 1. The van der Waals surface area contributed by atoms with Crippen molar-refractivity contribution in [3.05, 3.63) is 39.9 Å². The van der Waals surface area contributed by atoms with Gasteiger partial charge in [-0.3, -0.25) is 10.1 Å². The van der Waals surface area contributed by atoms with Crippen molar-refractivity contribution in [3.8, 4) is 17.6 Å². The number of carbonyl (C=O) groups excluding carboxylic acids is 1. The van der Waals surface area contributed by atoms with Crippen molar-refractivity contribution in [2.75, 3.05) is 12.4 Å². The third-order valence-electron chi connectivity index (χ3n) is 2.79. The second-order valence-electron chi connectivity index (χ2n) is 4.37. The highest BCUT2D eigenvalue weighted by Gasteiger charge is 2.17. The van der Waals surface area contributed by atoms with Gasteiger partial charge in [0.05, 0.1) is 12.1 Å². The van der Waals surface area contributed by atoms with Gasteiger partial charge in [0.25, 0.3) is 5.91 Å². The standard InChI is InChI=1S/C15H10ClF2N3O3S/c1-23-11-6-8(5-10(16)12(11)24-14(17)18)4-9(7-19)13(22)21-15-20-2-3-25-15/h2-6,14H,1H3,(H,20,21,22)/b9-4+. The maximum Gasteiger partial charge on any atom is 0.387 e. The van der Waals surface area contributed by atoms with E-state index in [-0.39, 0.29) is 22.1 Å². The maximum atomic E-state index is 12.4. The molecule has 25 heavy (non-hydrogen) atoms. The van der Waals surface area contributed by atoms with E-state index in [1.54, 1.807) is 11.4 Å². The zero-order valence-corrected chi connectivity index (χ0v) is 14.2. The van der Waals surface area contributed by atoms with Crippen molar-refractivity contribution in [2.24, 2.45) is 0 Å². The number of hydrogen-bond acceptors (Lipinski definition) is 6. The molecule has 0 bridgehead atoms. The fraction of sp³-hybridized carbons (Fsp3) is 0.133. The van der Waals surface area contributed by atoms with Gasteiger partial charge < -0.3 is 9.47 Å². The Kier molecular flexibility index (Phi) is 6.27. The number of alkyl halides is 2. The van der Waals surface area contributed by atoms with Crippen LogP contribution >= 0.6 is 22.9 Å². The Hall–Kier alpha value is -2.70. The molecule has 1 amide bonds. The van der Waals surface area contributed by atoms with Crippen molar-refractivity contribution in [3.63, 3.8) is 0 Å². The van der Waals surface area contributed by atoms with Crippen molar-refractivity contribution in [1.29, 1.82) is 5.26 Å². The van der Waals surface area contributed by atoms with Gasteiger partial charge in [0.2, 0.25) is 0 Å². The quantitative estimate of drug-likeness (QED) is 0.601. The number of halogens is 3. The van der Waals surface area contributed by atoms with Gasteiger partial charge in [-0.1, -0.05) is 11.6 Å². The summed E-state index contributed by atoms with van der Waals surface area (Å²) in [6.07, 6.45) is 2.74. The number of anilines is 1. The largest absolute Gasteiger partial charge is 0.493 e. The molecule has 1 aromatic carbocycles. The number of hydrogen-bond donors (Lipinski definition) is 1. The number of benzene rings is 1. The van der Waals surface area contributed by atoms with Crippen LogP contribution in [0.4, 0.5) is 13.9 Å². The zero-order valence-electron chi connectivity index (χ0n) is 12.6. The molecular formula is C15H10ClF2N3O3S. The van der Waals surface area contributed by atoms with Crippen molar-refractivity contribution >= 4 is 40.1 Å². The van der Waals surface area contributed by atoms with Crippen molar-refractivity contribution in [1.82, 2.24) is 4.98 Å². The monoisotopic (exact) mass is 385 g/mol. The Balaban J connectivity index is 2.32. The van der Waals surface area contributed by atoms with Crippen LogP contribution in [0.5, 0.6) is 11.5 Å². The smallest absolute Gasteiger partial charge is 0.387 e. The maximum absolute atomic E-state index is 12.4. The molecule has 1 aromatic heterocycles. The Bertz CT molecular complexity index is 835. The van der Waals surface area contributed by atoms with Crippen molar-refractivity contribution in [2.45, 2.75) is 6.61 Å². The topological polar surface area (TPSA) is 84.2 Å². The van der Waals surface area contributed by atoms with E-state index in [4.69, 9.17) is 16.3 Å². The van der Waals surface area contributed by atoms with Crippen LogP contribution in [0.25, 0.3) is 6.08 Å².